The van der Waals surface area contributed by atoms with Gasteiger partial charge in [-0.2, -0.15) is 0 Å². The molecule has 4 aromatic rings. The number of nitrogens with one attached hydrogen (secondary N) is 1. The van der Waals surface area contributed by atoms with Crippen molar-refractivity contribution in [1.29, 1.82) is 0 Å². The van der Waals surface area contributed by atoms with Gasteiger partial charge in [-0.1, -0.05) is 42.1 Å². The Morgan fingerprint density at radius 3 is 2.47 bits per heavy atom. The van der Waals surface area contributed by atoms with E-state index < -0.39 is 6.10 Å². The van der Waals surface area contributed by atoms with Gasteiger partial charge in [0.25, 0.3) is 17.0 Å². The molecule has 0 spiro atoms. The first-order chi connectivity index (χ1) is 15.6. The summed E-state index contributed by atoms with van der Waals surface area (Å²) in [6.45, 7) is 1.78. The monoisotopic (exact) mass is 449 g/mol. The molecule has 1 unspecified atom stereocenters. The molecule has 0 radical (unpaired) electrons. The lowest BCUT2D eigenvalue weighted by Gasteiger charge is -2.10. The zero-order valence-electron chi connectivity index (χ0n) is 17.2. The highest BCUT2D eigenvalue weighted by atomic mass is 32.2. The minimum absolute atomic E-state index is 0.160. The van der Waals surface area contributed by atoms with E-state index in [1.54, 1.807) is 31.2 Å². The Kier molecular flexibility index (Phi) is 6.81. The smallest absolute Gasteiger partial charge is 0.277 e. The molecule has 1 N–H and O–H groups in total. The first-order valence-electron chi connectivity index (χ1n) is 9.90. The van der Waals surface area contributed by atoms with Gasteiger partial charge in [-0.05, 0) is 61.0 Å². The van der Waals surface area contributed by atoms with Crippen molar-refractivity contribution in [3.8, 4) is 5.75 Å². The second kappa shape index (κ2) is 10.1. The van der Waals surface area contributed by atoms with Crippen LogP contribution in [0.3, 0.4) is 0 Å². The molecule has 0 bridgehead atoms. The van der Waals surface area contributed by atoms with Crippen molar-refractivity contribution in [1.82, 2.24) is 10.2 Å². The van der Waals surface area contributed by atoms with Gasteiger partial charge in [-0.3, -0.25) is 4.79 Å². The Balaban J connectivity index is 1.29. The lowest BCUT2D eigenvalue weighted by Crippen LogP contribution is -2.11. The van der Waals surface area contributed by atoms with Gasteiger partial charge in [0.05, 0.1) is 0 Å². The Hall–Kier alpha value is -3.65. The van der Waals surface area contributed by atoms with Crippen LogP contribution >= 0.6 is 11.8 Å². The number of amides is 1. The average molecular weight is 450 g/mol. The minimum Gasteiger partial charge on any atom is -0.481 e. The number of carbonyl (C=O) groups excluding carboxylic acids is 1. The predicted octanol–water partition coefficient (Wildman–Crippen LogP) is 5.89. The Morgan fingerprint density at radius 1 is 1.03 bits per heavy atom. The summed E-state index contributed by atoms with van der Waals surface area (Å²) in [5, 5.41) is 11.4. The van der Waals surface area contributed by atoms with Gasteiger partial charge < -0.3 is 14.5 Å². The van der Waals surface area contributed by atoms with Crippen molar-refractivity contribution in [2.24, 2.45) is 0 Å². The molecule has 6 nitrogen and oxygen atoms in total. The number of para-hydroxylation sites is 1. The Bertz CT molecular complexity index is 1170. The van der Waals surface area contributed by atoms with Crippen molar-refractivity contribution in [2.75, 3.05) is 5.32 Å². The zero-order valence-corrected chi connectivity index (χ0v) is 18.0. The molecule has 0 aliphatic rings. The van der Waals surface area contributed by atoms with Crippen molar-refractivity contribution in [3.05, 3.63) is 102 Å². The van der Waals surface area contributed by atoms with Crippen LogP contribution in [0.15, 0.2) is 88.5 Å². The van der Waals surface area contributed by atoms with E-state index in [4.69, 9.17) is 9.15 Å². The molecule has 0 fully saturated rings. The molecular formula is C24H20FN3O3S. The third-order valence-electron chi connectivity index (χ3n) is 4.51. The molecule has 32 heavy (non-hydrogen) atoms. The van der Waals surface area contributed by atoms with E-state index in [0.717, 1.165) is 11.3 Å². The summed E-state index contributed by atoms with van der Waals surface area (Å²) in [5.74, 6) is 0.973. The van der Waals surface area contributed by atoms with Gasteiger partial charge in [0, 0.05) is 17.0 Å². The van der Waals surface area contributed by atoms with Crippen LogP contribution < -0.4 is 10.1 Å². The summed E-state index contributed by atoms with van der Waals surface area (Å²) in [4.78, 5) is 12.3. The summed E-state index contributed by atoms with van der Waals surface area (Å²) < 4.78 is 24.4. The summed E-state index contributed by atoms with van der Waals surface area (Å²) in [6, 6.07) is 22.4. The maximum absolute atomic E-state index is 13.0. The molecule has 162 valence electrons. The number of thioether (sulfide) groups is 1. The fraction of sp³-hybridized carbons (Fsp3) is 0.125. The average Bonchev–Trinajstić information content (AvgIpc) is 3.29. The highest BCUT2D eigenvalue weighted by Gasteiger charge is 2.16. The topological polar surface area (TPSA) is 77.2 Å². The molecule has 0 saturated carbocycles. The SMILES string of the molecule is CC(Oc1ccc(F)cc1)c1nnc(SCc2ccc(C(=O)Nc3ccccc3)cc2)o1. The predicted molar refractivity (Wildman–Crippen MR) is 120 cm³/mol. The molecule has 1 heterocycles. The van der Waals surface area contributed by atoms with Crippen LogP contribution in [0.2, 0.25) is 0 Å². The first-order valence-corrected chi connectivity index (χ1v) is 10.9. The molecule has 0 saturated heterocycles. The lowest BCUT2D eigenvalue weighted by molar-refractivity contribution is 0.102. The van der Waals surface area contributed by atoms with E-state index in [2.05, 4.69) is 15.5 Å². The molecule has 1 aromatic heterocycles. The molecular weight excluding hydrogens is 429 g/mol. The lowest BCUT2D eigenvalue weighted by atomic mass is 10.1. The maximum atomic E-state index is 13.0. The number of aromatic nitrogens is 2. The number of hydrogen-bond acceptors (Lipinski definition) is 6. The second-order valence-corrected chi connectivity index (χ2v) is 7.85. The number of hydrogen-bond donors (Lipinski definition) is 1. The largest absolute Gasteiger partial charge is 0.481 e. The molecule has 1 amide bonds. The highest BCUT2D eigenvalue weighted by Crippen LogP contribution is 2.26. The number of anilines is 1. The number of benzene rings is 3. The van der Waals surface area contributed by atoms with Crippen LogP contribution in [0.25, 0.3) is 0 Å². The molecule has 4 rings (SSSR count). The fourth-order valence-electron chi connectivity index (χ4n) is 2.83. The van der Waals surface area contributed by atoms with Crippen LogP contribution in [0, 0.1) is 5.82 Å². The van der Waals surface area contributed by atoms with E-state index in [9.17, 15) is 9.18 Å². The van der Waals surface area contributed by atoms with Gasteiger partial charge in [0.2, 0.25) is 0 Å². The first kappa shape index (κ1) is 21.6. The molecule has 3 aromatic carbocycles. The van der Waals surface area contributed by atoms with Crippen molar-refractivity contribution in [2.45, 2.75) is 24.0 Å². The third-order valence-corrected chi connectivity index (χ3v) is 5.40. The van der Waals surface area contributed by atoms with Gasteiger partial charge >= 0.3 is 0 Å². The van der Waals surface area contributed by atoms with E-state index in [1.165, 1.54) is 23.9 Å². The fourth-order valence-corrected chi connectivity index (χ4v) is 3.56. The minimum atomic E-state index is -0.468. The summed E-state index contributed by atoms with van der Waals surface area (Å²) in [5.41, 5.74) is 2.35. The molecule has 1 atom stereocenters. The summed E-state index contributed by atoms with van der Waals surface area (Å²) in [7, 11) is 0. The number of halogens is 1. The van der Waals surface area contributed by atoms with Gasteiger partial charge in [0.1, 0.15) is 11.6 Å². The quantitative estimate of drug-likeness (QED) is 0.338. The van der Waals surface area contributed by atoms with Gasteiger partial charge in [-0.25, -0.2) is 4.39 Å². The van der Waals surface area contributed by atoms with Crippen molar-refractivity contribution < 1.29 is 18.3 Å². The zero-order chi connectivity index (χ0) is 22.3. The van der Waals surface area contributed by atoms with Crippen LogP contribution in [0.1, 0.15) is 34.8 Å². The van der Waals surface area contributed by atoms with Gasteiger partial charge in [0.15, 0.2) is 6.10 Å². The van der Waals surface area contributed by atoms with Crippen LogP contribution in [0.4, 0.5) is 10.1 Å². The maximum Gasteiger partial charge on any atom is 0.277 e. The standard InChI is InChI=1S/C24H20FN3O3S/c1-16(30-21-13-11-19(25)12-14-21)23-27-28-24(31-23)32-15-17-7-9-18(10-8-17)22(29)26-20-5-3-2-4-6-20/h2-14,16H,15H2,1H3,(H,26,29). The van der Waals surface area contributed by atoms with E-state index in [0.29, 0.717) is 28.2 Å². The third kappa shape index (κ3) is 5.73. The highest BCUT2D eigenvalue weighted by molar-refractivity contribution is 7.98. The van der Waals surface area contributed by atoms with Gasteiger partial charge in [-0.15, -0.1) is 10.2 Å². The van der Waals surface area contributed by atoms with E-state index >= 15 is 0 Å². The molecule has 0 aliphatic carbocycles. The summed E-state index contributed by atoms with van der Waals surface area (Å²) in [6.07, 6.45) is -0.468. The number of rotatable bonds is 8. The van der Waals surface area contributed by atoms with Crippen LogP contribution in [-0.4, -0.2) is 16.1 Å². The normalized spacial score (nSPS) is 11.7. The summed E-state index contributed by atoms with van der Waals surface area (Å²) >= 11 is 1.39. The second-order valence-electron chi connectivity index (χ2n) is 6.93. The van der Waals surface area contributed by atoms with Crippen LogP contribution in [-0.2, 0) is 5.75 Å². The van der Waals surface area contributed by atoms with Crippen molar-refractivity contribution >= 4 is 23.4 Å². The molecule has 8 heteroatoms. The van der Waals surface area contributed by atoms with Crippen molar-refractivity contribution in [3.63, 3.8) is 0 Å². The Morgan fingerprint density at radius 2 is 1.75 bits per heavy atom. The number of ether oxygens (including phenoxy) is 1. The number of nitrogens with zero attached hydrogens (tertiary/aromatic N) is 2. The number of carbonyl (C=O) groups is 1. The molecule has 0 aliphatic heterocycles. The van der Waals surface area contributed by atoms with E-state index in [1.807, 2.05) is 42.5 Å². The Labute approximate surface area is 188 Å². The van der Waals surface area contributed by atoms with E-state index in [-0.39, 0.29) is 11.7 Å². The van der Waals surface area contributed by atoms with Crippen LogP contribution in [0.5, 0.6) is 5.75 Å².